The van der Waals surface area contributed by atoms with Crippen LogP contribution in [-0.2, 0) is 10.0 Å². The van der Waals surface area contributed by atoms with E-state index in [0.29, 0.717) is 24.6 Å². The molecule has 2 rings (SSSR count). The summed E-state index contributed by atoms with van der Waals surface area (Å²) in [7, 11) is -3.59. The number of hydrogen-bond donors (Lipinski definition) is 1. The molecule has 1 aromatic rings. The quantitative estimate of drug-likeness (QED) is 0.891. The van der Waals surface area contributed by atoms with E-state index in [-0.39, 0.29) is 9.92 Å². The molecule has 120 valence electrons. The molecule has 1 aliphatic heterocycles. The van der Waals surface area contributed by atoms with Crippen molar-refractivity contribution in [3.63, 3.8) is 0 Å². The van der Waals surface area contributed by atoms with Gasteiger partial charge in [-0.15, -0.1) is 0 Å². The highest BCUT2D eigenvalue weighted by Gasteiger charge is 2.30. The maximum Gasteiger partial charge on any atom is 0.244 e. The average molecular weight is 342 g/mol. The Morgan fingerprint density at radius 1 is 1.41 bits per heavy atom. The highest BCUT2D eigenvalue weighted by Crippen LogP contribution is 2.28. The molecule has 0 unspecified atom stereocenters. The van der Waals surface area contributed by atoms with E-state index in [1.165, 1.54) is 22.5 Å². The molecule has 1 N–H and O–H groups in total. The van der Waals surface area contributed by atoms with E-state index in [4.69, 9.17) is 16.9 Å². The van der Waals surface area contributed by atoms with Crippen molar-refractivity contribution >= 4 is 21.6 Å². The lowest BCUT2D eigenvalue weighted by atomic mass is 9.98. The number of piperidine rings is 1. The van der Waals surface area contributed by atoms with Crippen LogP contribution in [0.1, 0.15) is 25.3 Å². The summed E-state index contributed by atoms with van der Waals surface area (Å²) in [5.74, 6) is 0.517. The van der Waals surface area contributed by atoms with Crippen LogP contribution in [0.3, 0.4) is 0 Å². The van der Waals surface area contributed by atoms with Gasteiger partial charge in [-0.25, -0.2) is 8.42 Å². The summed E-state index contributed by atoms with van der Waals surface area (Å²) in [5.41, 5.74) is 0.355. The minimum absolute atomic E-state index is 0.0818. The van der Waals surface area contributed by atoms with Crippen molar-refractivity contribution in [1.29, 1.82) is 5.26 Å². The normalized spacial score (nSPS) is 17.3. The van der Waals surface area contributed by atoms with Gasteiger partial charge in [0.1, 0.15) is 4.90 Å². The molecule has 1 aliphatic rings. The van der Waals surface area contributed by atoms with Crippen LogP contribution in [0, 0.1) is 17.2 Å². The zero-order chi connectivity index (χ0) is 16.2. The Kier molecular flexibility index (Phi) is 5.81. The van der Waals surface area contributed by atoms with Crippen LogP contribution in [0.2, 0.25) is 5.02 Å². The molecular formula is C15H20ClN3O2S. The van der Waals surface area contributed by atoms with Crippen molar-refractivity contribution in [1.82, 2.24) is 9.62 Å². The molecular weight excluding hydrogens is 322 g/mol. The number of nitriles is 1. The van der Waals surface area contributed by atoms with Crippen LogP contribution in [0.15, 0.2) is 23.1 Å². The van der Waals surface area contributed by atoms with Crippen LogP contribution in [0.5, 0.6) is 0 Å². The maximum absolute atomic E-state index is 12.7. The lowest BCUT2D eigenvalue weighted by Gasteiger charge is -2.31. The number of nitrogens with one attached hydrogen (secondary N) is 1. The first-order valence-electron chi connectivity index (χ1n) is 7.39. The van der Waals surface area contributed by atoms with Crippen molar-refractivity contribution in [3.8, 4) is 6.07 Å². The molecule has 0 aliphatic carbocycles. The van der Waals surface area contributed by atoms with Gasteiger partial charge in [-0.3, -0.25) is 0 Å². The van der Waals surface area contributed by atoms with Gasteiger partial charge >= 0.3 is 0 Å². The second kappa shape index (κ2) is 7.42. The standard InChI is InChI=1S/C15H20ClN3O2S/c1-2-18-11-12-5-7-19(8-6-12)22(20,21)15-4-3-13(10-17)9-14(15)16/h3-4,9,12,18H,2,5-8,11H2,1H3. The summed E-state index contributed by atoms with van der Waals surface area (Å²) in [6.07, 6.45) is 1.69. The number of nitrogens with zero attached hydrogens (tertiary/aromatic N) is 2. The predicted octanol–water partition coefficient (Wildman–Crippen LogP) is 2.22. The zero-order valence-corrected chi connectivity index (χ0v) is 14.1. The second-order valence-corrected chi connectivity index (χ2v) is 7.73. The van der Waals surface area contributed by atoms with E-state index in [0.717, 1.165) is 25.9 Å². The molecule has 0 aromatic heterocycles. The van der Waals surface area contributed by atoms with Crippen molar-refractivity contribution in [2.24, 2.45) is 5.92 Å². The summed E-state index contributed by atoms with van der Waals surface area (Å²) >= 11 is 6.04. The van der Waals surface area contributed by atoms with E-state index < -0.39 is 10.0 Å². The number of rotatable bonds is 5. The number of hydrogen-bond acceptors (Lipinski definition) is 4. The van der Waals surface area contributed by atoms with Crippen molar-refractivity contribution in [3.05, 3.63) is 28.8 Å². The summed E-state index contributed by atoms with van der Waals surface area (Å²) in [4.78, 5) is 0.0818. The smallest absolute Gasteiger partial charge is 0.244 e. The van der Waals surface area contributed by atoms with Gasteiger partial charge in [0.2, 0.25) is 10.0 Å². The molecule has 22 heavy (non-hydrogen) atoms. The van der Waals surface area contributed by atoms with Gasteiger partial charge in [0.25, 0.3) is 0 Å². The Bertz CT molecular complexity index is 662. The van der Waals surface area contributed by atoms with Crippen LogP contribution in [0.4, 0.5) is 0 Å². The highest BCUT2D eigenvalue weighted by molar-refractivity contribution is 7.89. The van der Waals surface area contributed by atoms with Crippen molar-refractivity contribution < 1.29 is 8.42 Å². The Labute approximate surface area is 136 Å². The largest absolute Gasteiger partial charge is 0.317 e. The fourth-order valence-corrected chi connectivity index (χ4v) is 4.61. The lowest BCUT2D eigenvalue weighted by molar-refractivity contribution is 0.268. The van der Waals surface area contributed by atoms with Crippen molar-refractivity contribution in [2.45, 2.75) is 24.7 Å². The second-order valence-electron chi connectivity index (χ2n) is 5.41. The van der Waals surface area contributed by atoms with Gasteiger partial charge in [-0.05, 0) is 50.0 Å². The van der Waals surface area contributed by atoms with E-state index in [1.807, 2.05) is 6.07 Å². The topological polar surface area (TPSA) is 73.2 Å². The maximum atomic E-state index is 12.7. The third-order valence-electron chi connectivity index (χ3n) is 3.94. The van der Waals surface area contributed by atoms with Gasteiger partial charge in [-0.2, -0.15) is 9.57 Å². The molecule has 0 amide bonds. The molecule has 1 heterocycles. The van der Waals surface area contributed by atoms with Gasteiger partial charge in [-0.1, -0.05) is 18.5 Å². The zero-order valence-electron chi connectivity index (χ0n) is 12.5. The molecule has 0 radical (unpaired) electrons. The molecule has 1 saturated heterocycles. The molecule has 1 fully saturated rings. The first-order chi connectivity index (χ1) is 10.5. The Hall–Kier alpha value is -1.13. The van der Waals surface area contributed by atoms with Crippen LogP contribution < -0.4 is 5.32 Å². The summed E-state index contributed by atoms with van der Waals surface area (Å²) < 4.78 is 26.8. The number of benzene rings is 1. The van der Waals surface area contributed by atoms with E-state index in [2.05, 4.69) is 12.2 Å². The fourth-order valence-electron chi connectivity index (χ4n) is 2.62. The average Bonchev–Trinajstić information content (AvgIpc) is 2.52. The van der Waals surface area contributed by atoms with E-state index in [9.17, 15) is 8.42 Å². The summed E-state index contributed by atoms with van der Waals surface area (Å²) in [6, 6.07) is 6.25. The Morgan fingerprint density at radius 3 is 2.64 bits per heavy atom. The van der Waals surface area contributed by atoms with Crippen molar-refractivity contribution in [2.75, 3.05) is 26.2 Å². The summed E-state index contributed by atoms with van der Waals surface area (Å²) in [5, 5.41) is 12.2. The van der Waals surface area contributed by atoms with E-state index in [1.54, 1.807) is 0 Å². The number of sulfonamides is 1. The monoisotopic (exact) mass is 341 g/mol. The third kappa shape index (κ3) is 3.79. The molecule has 0 bridgehead atoms. The fraction of sp³-hybridized carbons (Fsp3) is 0.533. The Balaban J connectivity index is 2.11. The van der Waals surface area contributed by atoms with Gasteiger partial charge < -0.3 is 5.32 Å². The van der Waals surface area contributed by atoms with Gasteiger partial charge in [0, 0.05) is 13.1 Å². The van der Waals surface area contributed by atoms with Crippen LogP contribution in [-0.4, -0.2) is 38.9 Å². The van der Waals surface area contributed by atoms with Gasteiger partial charge in [0.05, 0.1) is 16.7 Å². The van der Waals surface area contributed by atoms with E-state index >= 15 is 0 Å². The van der Waals surface area contributed by atoms with Crippen LogP contribution >= 0.6 is 11.6 Å². The SMILES string of the molecule is CCNCC1CCN(S(=O)(=O)c2ccc(C#N)cc2Cl)CC1. The number of halogens is 1. The minimum atomic E-state index is -3.59. The highest BCUT2D eigenvalue weighted by atomic mass is 35.5. The first-order valence-corrected chi connectivity index (χ1v) is 9.21. The van der Waals surface area contributed by atoms with Crippen LogP contribution in [0.25, 0.3) is 0 Å². The predicted molar refractivity (Wildman–Crippen MR) is 86.2 cm³/mol. The van der Waals surface area contributed by atoms with Gasteiger partial charge in [0.15, 0.2) is 0 Å². The molecule has 0 saturated carbocycles. The molecule has 1 aromatic carbocycles. The molecule has 0 atom stereocenters. The first kappa shape index (κ1) is 17.2. The lowest BCUT2D eigenvalue weighted by Crippen LogP contribution is -2.40. The summed E-state index contributed by atoms with van der Waals surface area (Å²) in [6.45, 7) is 4.94. The molecule has 5 nitrogen and oxygen atoms in total. The molecule has 7 heteroatoms. The third-order valence-corrected chi connectivity index (χ3v) is 6.32. The Morgan fingerprint density at radius 2 is 2.09 bits per heavy atom. The minimum Gasteiger partial charge on any atom is -0.317 e. The molecule has 0 spiro atoms.